The zero-order valence-electron chi connectivity index (χ0n) is 14.0. The van der Waals surface area contributed by atoms with Crippen LogP contribution in [0.15, 0.2) is 33.7 Å². The van der Waals surface area contributed by atoms with Crippen molar-refractivity contribution in [3.63, 3.8) is 0 Å². The minimum atomic E-state index is -0.997. The Hall–Kier alpha value is -3.10. The van der Waals surface area contributed by atoms with E-state index in [4.69, 9.17) is 10.2 Å². The summed E-state index contributed by atoms with van der Waals surface area (Å²) in [6.45, 7) is 3.73. The number of rotatable bonds is 3. The number of aromatic nitrogens is 2. The van der Waals surface area contributed by atoms with Gasteiger partial charge >= 0.3 is 0 Å². The zero-order chi connectivity index (χ0) is 18.2. The fourth-order valence-electron chi connectivity index (χ4n) is 2.76. The topological polar surface area (TPSA) is 123 Å². The van der Waals surface area contributed by atoms with Crippen LogP contribution in [0.2, 0.25) is 0 Å². The summed E-state index contributed by atoms with van der Waals surface area (Å²) >= 11 is 0. The van der Waals surface area contributed by atoms with E-state index in [9.17, 15) is 14.4 Å². The predicted octanol–water partition coefficient (Wildman–Crippen LogP) is -0.177. The first-order chi connectivity index (χ1) is 11.8. The number of furan rings is 1. The molecule has 1 saturated heterocycles. The van der Waals surface area contributed by atoms with Gasteiger partial charge in [-0.25, -0.2) is 4.68 Å². The second kappa shape index (κ2) is 6.08. The number of hydrogen-bond acceptors (Lipinski definition) is 6. The van der Waals surface area contributed by atoms with Crippen LogP contribution in [0.4, 0.5) is 5.69 Å². The van der Waals surface area contributed by atoms with Crippen molar-refractivity contribution in [2.45, 2.75) is 25.9 Å². The second-order valence-electron chi connectivity index (χ2n) is 6.29. The molecule has 0 aromatic carbocycles. The van der Waals surface area contributed by atoms with Gasteiger partial charge in [0.2, 0.25) is 11.8 Å². The molecule has 2 aromatic rings. The van der Waals surface area contributed by atoms with Gasteiger partial charge < -0.3 is 20.4 Å². The number of carbonyl (C=O) groups excluding carboxylic acids is 2. The van der Waals surface area contributed by atoms with Gasteiger partial charge in [0.1, 0.15) is 23.5 Å². The first kappa shape index (κ1) is 16.7. The van der Waals surface area contributed by atoms with Crippen LogP contribution in [-0.2, 0) is 16.1 Å². The van der Waals surface area contributed by atoms with Crippen LogP contribution in [0.3, 0.4) is 0 Å². The molecule has 9 nitrogen and oxygen atoms in total. The van der Waals surface area contributed by atoms with Crippen molar-refractivity contribution in [1.82, 2.24) is 20.0 Å². The number of nitrogens with zero attached hydrogens (tertiary/aromatic N) is 3. The highest BCUT2D eigenvalue weighted by Crippen LogP contribution is 2.19. The van der Waals surface area contributed by atoms with E-state index in [1.54, 1.807) is 26.0 Å². The molecule has 2 amide bonds. The standard InChI is InChI=1S/C16H19N5O4/c1-16(2)15(24)18-5-6-20(16)13(22)9-21-14(23)10(17)8-11(19-21)12-4-3-7-25-12/h3-4,7-8H,5-6,9,17H2,1-2H3,(H,18,24). The number of nitrogens with two attached hydrogens (primary N) is 1. The molecule has 3 heterocycles. The Morgan fingerprint density at radius 3 is 2.88 bits per heavy atom. The van der Waals surface area contributed by atoms with Crippen LogP contribution in [-0.4, -0.2) is 45.1 Å². The summed E-state index contributed by atoms with van der Waals surface area (Å²) in [7, 11) is 0. The number of nitrogens with one attached hydrogen (secondary N) is 1. The van der Waals surface area contributed by atoms with Gasteiger partial charge in [0.05, 0.1) is 6.26 Å². The highest BCUT2D eigenvalue weighted by Gasteiger charge is 2.40. The maximum Gasteiger partial charge on any atom is 0.290 e. The minimum Gasteiger partial charge on any atom is -0.463 e. The molecule has 25 heavy (non-hydrogen) atoms. The normalized spacial score (nSPS) is 16.6. The lowest BCUT2D eigenvalue weighted by Crippen LogP contribution is -2.64. The van der Waals surface area contributed by atoms with E-state index in [-0.39, 0.29) is 24.0 Å². The van der Waals surface area contributed by atoms with E-state index in [2.05, 4.69) is 10.4 Å². The fraction of sp³-hybridized carbons (Fsp3) is 0.375. The van der Waals surface area contributed by atoms with Gasteiger partial charge in [0, 0.05) is 13.1 Å². The maximum atomic E-state index is 12.7. The molecule has 0 spiro atoms. The molecule has 9 heteroatoms. The molecule has 0 radical (unpaired) electrons. The number of piperazine rings is 1. The number of anilines is 1. The lowest BCUT2D eigenvalue weighted by molar-refractivity contribution is -0.149. The van der Waals surface area contributed by atoms with Crippen LogP contribution in [0.5, 0.6) is 0 Å². The van der Waals surface area contributed by atoms with Gasteiger partial charge in [0.15, 0.2) is 5.76 Å². The average Bonchev–Trinajstić information content (AvgIpc) is 3.08. The molecular weight excluding hydrogens is 326 g/mol. The van der Waals surface area contributed by atoms with E-state index < -0.39 is 11.1 Å². The molecule has 2 aromatic heterocycles. The Balaban J connectivity index is 1.91. The third-order valence-electron chi connectivity index (χ3n) is 4.21. The van der Waals surface area contributed by atoms with Gasteiger partial charge in [-0.1, -0.05) is 0 Å². The molecule has 0 atom stereocenters. The van der Waals surface area contributed by atoms with Gasteiger partial charge in [-0.2, -0.15) is 5.10 Å². The van der Waals surface area contributed by atoms with E-state index in [0.717, 1.165) is 4.68 Å². The predicted molar refractivity (Wildman–Crippen MR) is 89.4 cm³/mol. The fourth-order valence-corrected chi connectivity index (χ4v) is 2.76. The van der Waals surface area contributed by atoms with Gasteiger partial charge in [-0.15, -0.1) is 0 Å². The molecular formula is C16H19N5O4. The smallest absolute Gasteiger partial charge is 0.290 e. The molecule has 0 unspecified atom stereocenters. The highest BCUT2D eigenvalue weighted by atomic mass is 16.3. The van der Waals surface area contributed by atoms with Crippen molar-refractivity contribution >= 4 is 17.5 Å². The van der Waals surface area contributed by atoms with Crippen LogP contribution in [0.1, 0.15) is 13.8 Å². The SMILES string of the molecule is CC1(C)C(=O)NCCN1C(=O)Cn1nc(-c2ccco2)cc(N)c1=O. The quantitative estimate of drug-likeness (QED) is 0.795. The Morgan fingerprint density at radius 1 is 1.44 bits per heavy atom. The van der Waals surface area contributed by atoms with Crippen molar-refractivity contribution in [1.29, 1.82) is 0 Å². The van der Waals surface area contributed by atoms with Gasteiger partial charge in [-0.05, 0) is 32.0 Å². The molecule has 3 rings (SSSR count). The molecule has 3 N–H and O–H groups in total. The first-order valence-corrected chi connectivity index (χ1v) is 7.81. The van der Waals surface area contributed by atoms with Crippen molar-refractivity contribution in [3.05, 3.63) is 34.8 Å². The summed E-state index contributed by atoms with van der Waals surface area (Å²) in [5, 5.41) is 6.88. The first-order valence-electron chi connectivity index (χ1n) is 7.81. The lowest BCUT2D eigenvalue weighted by atomic mass is 9.99. The van der Waals surface area contributed by atoms with Crippen molar-refractivity contribution in [3.8, 4) is 11.5 Å². The van der Waals surface area contributed by atoms with Gasteiger partial charge in [-0.3, -0.25) is 14.4 Å². The number of amides is 2. The van der Waals surface area contributed by atoms with Crippen LogP contribution < -0.4 is 16.6 Å². The molecule has 132 valence electrons. The third kappa shape index (κ3) is 3.00. The summed E-state index contributed by atoms with van der Waals surface area (Å²) in [5.74, 6) is -0.188. The van der Waals surface area contributed by atoms with E-state index in [1.165, 1.54) is 17.2 Å². The summed E-state index contributed by atoms with van der Waals surface area (Å²) in [6, 6.07) is 4.76. The van der Waals surface area contributed by atoms with E-state index in [0.29, 0.717) is 24.5 Å². The van der Waals surface area contributed by atoms with Crippen molar-refractivity contribution in [2.24, 2.45) is 0 Å². The average molecular weight is 345 g/mol. The van der Waals surface area contributed by atoms with Crippen molar-refractivity contribution < 1.29 is 14.0 Å². The molecule has 0 bridgehead atoms. The van der Waals surface area contributed by atoms with Crippen LogP contribution in [0.25, 0.3) is 11.5 Å². The minimum absolute atomic E-state index is 0.0372. The Bertz CT molecular complexity index is 869. The number of carbonyl (C=O) groups is 2. The molecule has 1 aliphatic rings. The Kier molecular flexibility index (Phi) is 4.07. The largest absolute Gasteiger partial charge is 0.463 e. The third-order valence-corrected chi connectivity index (χ3v) is 4.21. The molecule has 1 fully saturated rings. The summed E-state index contributed by atoms with van der Waals surface area (Å²) < 4.78 is 6.25. The zero-order valence-corrected chi connectivity index (χ0v) is 14.0. The summed E-state index contributed by atoms with van der Waals surface area (Å²) in [5.41, 5.74) is 4.50. The van der Waals surface area contributed by atoms with Crippen molar-refractivity contribution in [2.75, 3.05) is 18.8 Å². The number of nitrogen functional groups attached to an aromatic ring is 1. The van der Waals surface area contributed by atoms with E-state index >= 15 is 0 Å². The van der Waals surface area contributed by atoms with Crippen LogP contribution in [0, 0.1) is 0 Å². The summed E-state index contributed by atoms with van der Waals surface area (Å²) in [6.07, 6.45) is 1.47. The Morgan fingerprint density at radius 2 is 2.20 bits per heavy atom. The molecule has 0 aliphatic carbocycles. The van der Waals surface area contributed by atoms with Gasteiger partial charge in [0.25, 0.3) is 5.56 Å². The highest BCUT2D eigenvalue weighted by molar-refractivity contribution is 5.91. The molecule has 0 saturated carbocycles. The Labute approximate surface area is 143 Å². The monoisotopic (exact) mass is 345 g/mol. The second-order valence-corrected chi connectivity index (χ2v) is 6.29. The summed E-state index contributed by atoms with van der Waals surface area (Å²) in [4.78, 5) is 38.3. The maximum absolute atomic E-state index is 12.7. The number of hydrogen-bond donors (Lipinski definition) is 2. The molecule has 1 aliphatic heterocycles. The lowest BCUT2D eigenvalue weighted by Gasteiger charge is -2.41. The van der Waals surface area contributed by atoms with E-state index in [1.807, 2.05) is 0 Å². The van der Waals surface area contributed by atoms with Crippen LogP contribution >= 0.6 is 0 Å².